The summed E-state index contributed by atoms with van der Waals surface area (Å²) < 4.78 is 0. The fourth-order valence-electron chi connectivity index (χ4n) is 3.70. The lowest BCUT2D eigenvalue weighted by Gasteiger charge is -2.28. The molecule has 0 unspecified atom stereocenters. The van der Waals surface area contributed by atoms with Gasteiger partial charge in [-0.15, -0.1) is 0 Å². The van der Waals surface area contributed by atoms with Crippen molar-refractivity contribution in [3.63, 3.8) is 0 Å². The van der Waals surface area contributed by atoms with Crippen molar-refractivity contribution in [2.45, 2.75) is 12.8 Å². The van der Waals surface area contributed by atoms with Crippen molar-refractivity contribution >= 4 is 28.3 Å². The maximum Gasteiger partial charge on any atom is 0.295 e. The number of nitriles is 1. The summed E-state index contributed by atoms with van der Waals surface area (Å²) in [6.45, 7) is 0.716. The molecule has 2 N–H and O–H groups in total. The van der Waals surface area contributed by atoms with Crippen molar-refractivity contribution in [3.05, 3.63) is 75.7 Å². The van der Waals surface area contributed by atoms with Gasteiger partial charge in [0.1, 0.15) is 5.65 Å². The number of likely N-dealkylation sites (tertiary alicyclic amines) is 1. The molecule has 0 atom stereocenters. The van der Waals surface area contributed by atoms with Crippen LogP contribution in [0.25, 0.3) is 16.6 Å². The number of hydrogen-bond acceptors (Lipinski definition) is 4. The molecule has 7 heteroatoms. The number of amides is 1. The van der Waals surface area contributed by atoms with E-state index in [4.69, 9.17) is 0 Å². The van der Waals surface area contributed by atoms with Crippen molar-refractivity contribution in [1.82, 2.24) is 14.9 Å². The minimum Gasteiger partial charge on any atom is -0.347 e. The Morgan fingerprint density at radius 1 is 1.03 bits per heavy atom. The summed E-state index contributed by atoms with van der Waals surface area (Å²) in [6.07, 6.45) is 3.94. The first-order valence-electron chi connectivity index (χ1n) is 9.30. The van der Waals surface area contributed by atoms with Crippen LogP contribution in [-0.2, 0) is 4.79 Å². The molecule has 1 amide bonds. The molecule has 0 radical (unpaired) electrons. The topological polar surface area (TPSA) is 110 Å². The lowest BCUT2D eigenvalue weighted by atomic mass is 9.93. The second-order valence-corrected chi connectivity index (χ2v) is 6.87. The largest absolute Gasteiger partial charge is 0.347 e. The average Bonchev–Trinajstić information content (AvgIpc) is 3.20. The molecule has 1 aromatic carbocycles. The molecular weight excluding hydrogens is 368 g/mol. The van der Waals surface area contributed by atoms with Crippen molar-refractivity contribution < 1.29 is 9.59 Å². The number of piperidine rings is 1. The molecule has 0 saturated carbocycles. The van der Waals surface area contributed by atoms with Gasteiger partial charge in [0, 0.05) is 31.5 Å². The van der Waals surface area contributed by atoms with Crippen LogP contribution < -0.4 is 5.43 Å². The van der Waals surface area contributed by atoms with E-state index in [1.165, 1.54) is 23.4 Å². The number of rotatable bonds is 3. The monoisotopic (exact) mass is 386 g/mol. The first-order chi connectivity index (χ1) is 14.1. The lowest BCUT2D eigenvalue weighted by molar-refractivity contribution is -0.126. The number of carbonyl (C=O) groups is 2. The van der Waals surface area contributed by atoms with Gasteiger partial charge in [0.25, 0.3) is 11.7 Å². The van der Waals surface area contributed by atoms with Gasteiger partial charge in [-0.25, -0.2) is 0 Å². The number of aromatic nitrogens is 2. The summed E-state index contributed by atoms with van der Waals surface area (Å²) in [5.74, 6) is -1.34. The third kappa shape index (κ3) is 3.36. The number of ketones is 1. The third-order valence-electron chi connectivity index (χ3n) is 5.21. The fraction of sp³-hybridized carbons (Fsp3) is 0.182. The molecule has 1 aliphatic rings. The number of carbonyl (C=O) groups excluding carboxylic acids is 2. The number of pyridine rings is 1. The highest BCUT2D eigenvalue weighted by Crippen LogP contribution is 2.27. The molecular formula is C22H18N4O3. The summed E-state index contributed by atoms with van der Waals surface area (Å²) in [4.78, 5) is 44.7. The van der Waals surface area contributed by atoms with Gasteiger partial charge in [0.15, 0.2) is 5.43 Å². The molecule has 3 aromatic rings. The van der Waals surface area contributed by atoms with Gasteiger partial charge in [0.05, 0.1) is 22.6 Å². The van der Waals surface area contributed by atoms with Crippen LogP contribution >= 0.6 is 0 Å². The van der Waals surface area contributed by atoms with Gasteiger partial charge >= 0.3 is 0 Å². The second kappa shape index (κ2) is 7.60. The lowest BCUT2D eigenvalue weighted by Crippen LogP contribution is -2.40. The first-order valence-corrected chi connectivity index (χ1v) is 9.30. The van der Waals surface area contributed by atoms with Crippen LogP contribution in [0.2, 0.25) is 0 Å². The zero-order valence-corrected chi connectivity index (χ0v) is 15.6. The molecule has 0 spiro atoms. The van der Waals surface area contributed by atoms with Crippen LogP contribution in [0.4, 0.5) is 0 Å². The number of H-pyrrole nitrogens is 2. The van der Waals surface area contributed by atoms with Crippen LogP contribution in [0.3, 0.4) is 0 Å². The van der Waals surface area contributed by atoms with Crippen molar-refractivity contribution in [2.24, 2.45) is 0 Å². The number of allylic oxidation sites excluding steroid dienone is 1. The van der Waals surface area contributed by atoms with Crippen LogP contribution in [0.5, 0.6) is 0 Å². The minimum atomic E-state index is -0.705. The molecule has 2 aromatic heterocycles. The van der Waals surface area contributed by atoms with Crippen LogP contribution in [0.15, 0.2) is 59.2 Å². The van der Waals surface area contributed by atoms with E-state index in [-0.39, 0.29) is 16.4 Å². The highest BCUT2D eigenvalue weighted by atomic mass is 16.2. The number of hydrogen-bond donors (Lipinski definition) is 2. The van der Waals surface area contributed by atoms with Crippen molar-refractivity contribution in [1.29, 1.82) is 5.26 Å². The maximum absolute atomic E-state index is 12.7. The molecule has 1 saturated heterocycles. The zero-order valence-electron chi connectivity index (χ0n) is 15.6. The molecule has 1 fully saturated rings. The number of benzene rings is 1. The normalized spacial score (nSPS) is 13.9. The van der Waals surface area contributed by atoms with Crippen LogP contribution in [0.1, 0.15) is 28.8 Å². The van der Waals surface area contributed by atoms with E-state index in [0.717, 1.165) is 11.1 Å². The second-order valence-electron chi connectivity index (χ2n) is 6.87. The van der Waals surface area contributed by atoms with Gasteiger partial charge in [-0.1, -0.05) is 30.3 Å². The smallest absolute Gasteiger partial charge is 0.295 e. The Morgan fingerprint density at radius 3 is 2.45 bits per heavy atom. The number of fused-ring (bicyclic) bond motifs is 1. The van der Waals surface area contributed by atoms with E-state index >= 15 is 0 Å². The average molecular weight is 386 g/mol. The molecule has 7 nitrogen and oxygen atoms in total. The predicted molar refractivity (Wildman–Crippen MR) is 108 cm³/mol. The predicted octanol–water partition coefficient (Wildman–Crippen LogP) is 2.64. The highest BCUT2D eigenvalue weighted by Gasteiger charge is 2.29. The Kier molecular flexibility index (Phi) is 4.83. The van der Waals surface area contributed by atoms with Gasteiger partial charge in [-0.3, -0.25) is 14.4 Å². The highest BCUT2D eigenvalue weighted by molar-refractivity contribution is 6.44. The Bertz CT molecular complexity index is 1220. The van der Waals surface area contributed by atoms with E-state index in [2.05, 4.69) is 16.0 Å². The quantitative estimate of drug-likeness (QED) is 0.410. The van der Waals surface area contributed by atoms with E-state index in [0.29, 0.717) is 37.2 Å². The molecule has 1 aliphatic heterocycles. The number of nitrogens with one attached hydrogen (secondary N) is 2. The summed E-state index contributed by atoms with van der Waals surface area (Å²) >= 11 is 0. The van der Waals surface area contributed by atoms with Crippen LogP contribution in [0, 0.1) is 11.3 Å². The summed E-state index contributed by atoms with van der Waals surface area (Å²) in [7, 11) is 0. The third-order valence-corrected chi connectivity index (χ3v) is 5.21. The summed E-state index contributed by atoms with van der Waals surface area (Å²) in [5, 5.41) is 9.76. The van der Waals surface area contributed by atoms with E-state index in [1.54, 1.807) is 0 Å². The summed E-state index contributed by atoms with van der Waals surface area (Å²) in [6, 6.07) is 13.0. The van der Waals surface area contributed by atoms with Gasteiger partial charge < -0.3 is 14.9 Å². The maximum atomic E-state index is 12.7. The SMILES string of the molecule is N#CC(=C1CCN(C(=O)C(=O)c2c[nH]c3[nH]ccc(=O)c23)CC1)c1ccccc1. The van der Waals surface area contributed by atoms with Crippen molar-refractivity contribution in [2.75, 3.05) is 13.1 Å². The Labute approximate surface area is 166 Å². The molecule has 4 rings (SSSR count). The molecule has 144 valence electrons. The zero-order chi connectivity index (χ0) is 20.4. The number of Topliss-reactive ketones (excluding diaryl/α,β-unsaturated/α-hetero) is 1. The van der Waals surface area contributed by atoms with E-state index in [1.807, 2.05) is 30.3 Å². The Hall–Kier alpha value is -3.92. The van der Waals surface area contributed by atoms with Gasteiger partial charge in [-0.05, 0) is 24.0 Å². The minimum absolute atomic E-state index is 0.0789. The molecule has 29 heavy (non-hydrogen) atoms. The summed E-state index contributed by atoms with van der Waals surface area (Å²) in [5.41, 5.74) is 2.65. The molecule has 3 heterocycles. The Balaban J connectivity index is 1.53. The van der Waals surface area contributed by atoms with E-state index < -0.39 is 11.7 Å². The van der Waals surface area contributed by atoms with Gasteiger partial charge in [-0.2, -0.15) is 5.26 Å². The number of aromatic amines is 2. The fourth-order valence-corrected chi connectivity index (χ4v) is 3.70. The van der Waals surface area contributed by atoms with E-state index in [9.17, 15) is 19.6 Å². The Morgan fingerprint density at radius 2 is 1.76 bits per heavy atom. The number of nitrogens with zero attached hydrogens (tertiary/aromatic N) is 2. The molecule has 0 bridgehead atoms. The van der Waals surface area contributed by atoms with Gasteiger partial charge in [0.2, 0.25) is 0 Å². The van der Waals surface area contributed by atoms with Crippen LogP contribution in [-0.4, -0.2) is 39.6 Å². The standard InChI is InChI=1S/C22H18N4O3/c23-12-16(14-4-2-1-3-5-14)15-7-10-26(11-8-15)22(29)20(28)17-13-25-21-19(17)18(27)6-9-24-21/h1-6,9,13H,7-8,10-11H2,(H2,24,25,27). The first kappa shape index (κ1) is 18.4. The van der Waals surface area contributed by atoms with Crippen molar-refractivity contribution in [3.8, 4) is 6.07 Å². The molecule has 0 aliphatic carbocycles.